The maximum absolute atomic E-state index is 11.2. The highest BCUT2D eigenvalue weighted by Crippen LogP contribution is 2.26. The van der Waals surface area contributed by atoms with Crippen LogP contribution in [0.3, 0.4) is 0 Å². The van der Waals surface area contributed by atoms with E-state index >= 15 is 0 Å². The van der Waals surface area contributed by atoms with Crippen LogP contribution in [-0.2, 0) is 15.1 Å². The summed E-state index contributed by atoms with van der Waals surface area (Å²) in [6, 6.07) is 8.55. The quantitative estimate of drug-likeness (QED) is 0.495. The second-order valence-corrected chi connectivity index (χ2v) is 2.60. The molecular formula is C8H8ClO2. The Morgan fingerprint density at radius 3 is 2.36 bits per heavy atom. The van der Waals surface area contributed by atoms with Gasteiger partial charge in [-0.2, -0.15) is 5.11 Å². The molecule has 1 aromatic carbocycles. The van der Waals surface area contributed by atoms with Crippen molar-refractivity contribution in [2.45, 2.75) is 5.25 Å². The number of halogens is 1. The van der Waals surface area contributed by atoms with Crippen LogP contribution in [0, 0.1) is 0 Å². The van der Waals surface area contributed by atoms with Gasteiger partial charge < -0.3 is 4.74 Å². The molecule has 1 unspecified atom stereocenters. The van der Waals surface area contributed by atoms with Crippen LogP contribution in [0.25, 0.3) is 0 Å². The lowest BCUT2D eigenvalue weighted by atomic mass is 10.2. The molecule has 1 radical (unpaired) electrons. The molecule has 11 heavy (non-hydrogen) atoms. The van der Waals surface area contributed by atoms with Crippen molar-refractivity contribution in [3.05, 3.63) is 35.9 Å². The van der Waals surface area contributed by atoms with Crippen molar-refractivity contribution in [2.75, 3.05) is 7.11 Å². The first-order chi connectivity index (χ1) is 5.17. The summed E-state index contributed by atoms with van der Waals surface area (Å²) in [4.78, 5) is 0. The molecule has 2 nitrogen and oxygen atoms in total. The lowest BCUT2D eigenvalue weighted by molar-refractivity contribution is -0.166. The molecule has 0 aromatic heterocycles. The van der Waals surface area contributed by atoms with Gasteiger partial charge in [0, 0.05) is 12.7 Å². The predicted octanol–water partition coefficient (Wildman–Crippen LogP) is 2.11. The number of alkyl halides is 1. The van der Waals surface area contributed by atoms with Gasteiger partial charge >= 0.3 is 5.25 Å². The minimum absolute atomic E-state index is 0.421. The summed E-state index contributed by atoms with van der Waals surface area (Å²) in [5.74, 6) is 0. The topological polar surface area (TPSA) is 29.1 Å². The summed E-state index contributed by atoms with van der Waals surface area (Å²) in [5.41, 5.74) is 0.421. The fourth-order valence-corrected chi connectivity index (χ4v) is 0.881. The van der Waals surface area contributed by atoms with Gasteiger partial charge in [0.05, 0.1) is 0 Å². The maximum Gasteiger partial charge on any atom is 0.305 e. The predicted molar refractivity (Wildman–Crippen MR) is 41.7 cm³/mol. The molecule has 0 spiro atoms. The van der Waals surface area contributed by atoms with Gasteiger partial charge in [-0.1, -0.05) is 30.3 Å². The summed E-state index contributed by atoms with van der Waals surface area (Å²) in [7, 11) is 1.28. The van der Waals surface area contributed by atoms with E-state index < -0.39 is 5.25 Å². The molecule has 0 N–H and O–H groups in total. The SMILES string of the molecule is COC([O])(Cl)c1ccccc1. The fraction of sp³-hybridized carbons (Fsp3) is 0.250. The molecular weight excluding hydrogens is 164 g/mol. The van der Waals surface area contributed by atoms with E-state index in [2.05, 4.69) is 4.74 Å². The molecule has 1 rings (SSSR count). The molecule has 0 saturated carbocycles. The number of hydrogen-bond acceptors (Lipinski definition) is 1. The van der Waals surface area contributed by atoms with E-state index in [0.29, 0.717) is 5.56 Å². The third-order valence-corrected chi connectivity index (χ3v) is 1.75. The normalized spacial score (nSPS) is 15.9. The Balaban J connectivity index is 2.93. The van der Waals surface area contributed by atoms with Crippen molar-refractivity contribution in [1.29, 1.82) is 0 Å². The lowest BCUT2D eigenvalue weighted by Gasteiger charge is -2.15. The molecule has 0 bridgehead atoms. The Bertz CT molecular complexity index is 221. The summed E-state index contributed by atoms with van der Waals surface area (Å²) in [5, 5.41) is 9.27. The zero-order chi connectivity index (χ0) is 8.32. The molecule has 0 amide bonds. The van der Waals surface area contributed by atoms with Crippen LogP contribution in [0.4, 0.5) is 0 Å². The molecule has 59 valence electrons. The van der Waals surface area contributed by atoms with Crippen LogP contribution in [0.15, 0.2) is 30.3 Å². The third kappa shape index (κ3) is 1.93. The Hall–Kier alpha value is -0.570. The molecule has 0 aliphatic heterocycles. The molecule has 0 aliphatic carbocycles. The van der Waals surface area contributed by atoms with Crippen LogP contribution in [0.5, 0.6) is 0 Å². The van der Waals surface area contributed by atoms with Gasteiger partial charge in [-0.05, 0) is 11.6 Å². The van der Waals surface area contributed by atoms with Gasteiger partial charge in [0.25, 0.3) is 0 Å². The van der Waals surface area contributed by atoms with E-state index in [9.17, 15) is 5.11 Å². The molecule has 0 saturated heterocycles. The number of ether oxygens (including phenoxy) is 1. The number of benzene rings is 1. The standard InChI is InChI=1S/C8H8ClO2/c1-11-8(9,10)7-5-3-2-4-6-7/h2-6H,1H3. The first-order valence-corrected chi connectivity index (χ1v) is 3.54. The average molecular weight is 172 g/mol. The van der Waals surface area contributed by atoms with E-state index in [0.717, 1.165) is 0 Å². The Kier molecular flexibility index (Phi) is 2.49. The van der Waals surface area contributed by atoms with E-state index in [-0.39, 0.29) is 0 Å². The molecule has 1 atom stereocenters. The molecule has 3 heteroatoms. The highest BCUT2D eigenvalue weighted by Gasteiger charge is 2.27. The lowest BCUT2D eigenvalue weighted by Crippen LogP contribution is -2.17. The zero-order valence-electron chi connectivity index (χ0n) is 6.08. The summed E-state index contributed by atoms with van der Waals surface area (Å²) >= 11 is 5.47. The summed E-state index contributed by atoms with van der Waals surface area (Å²) < 4.78 is 4.53. The number of hydrogen-bond donors (Lipinski definition) is 0. The minimum Gasteiger partial charge on any atom is -0.335 e. The van der Waals surface area contributed by atoms with Crippen LogP contribution in [0.1, 0.15) is 5.56 Å². The van der Waals surface area contributed by atoms with Gasteiger partial charge in [0.1, 0.15) is 0 Å². The van der Waals surface area contributed by atoms with Crippen molar-refractivity contribution in [3.63, 3.8) is 0 Å². The Labute approximate surface area is 70.4 Å². The van der Waals surface area contributed by atoms with Gasteiger partial charge in [0.15, 0.2) is 0 Å². The highest BCUT2D eigenvalue weighted by atomic mass is 35.5. The van der Waals surface area contributed by atoms with Gasteiger partial charge in [-0.25, -0.2) is 0 Å². The highest BCUT2D eigenvalue weighted by molar-refractivity contribution is 6.21. The fourth-order valence-electron chi connectivity index (χ4n) is 0.755. The first-order valence-electron chi connectivity index (χ1n) is 3.17. The average Bonchev–Trinajstić information content (AvgIpc) is 2.06. The largest absolute Gasteiger partial charge is 0.335 e. The molecule has 0 heterocycles. The second kappa shape index (κ2) is 3.22. The van der Waals surface area contributed by atoms with Gasteiger partial charge in [-0.15, -0.1) is 0 Å². The van der Waals surface area contributed by atoms with Crippen LogP contribution in [0.2, 0.25) is 0 Å². The zero-order valence-corrected chi connectivity index (χ0v) is 6.84. The van der Waals surface area contributed by atoms with E-state index in [1.165, 1.54) is 7.11 Å². The molecule has 0 fully saturated rings. The summed E-state index contributed by atoms with van der Waals surface area (Å²) in [6.45, 7) is 0. The third-order valence-electron chi connectivity index (χ3n) is 1.38. The maximum atomic E-state index is 11.2. The Morgan fingerprint density at radius 1 is 1.36 bits per heavy atom. The summed E-state index contributed by atoms with van der Waals surface area (Å²) in [6.07, 6.45) is 0. The monoisotopic (exact) mass is 171 g/mol. The molecule has 0 aliphatic rings. The van der Waals surface area contributed by atoms with E-state index in [1.54, 1.807) is 24.3 Å². The second-order valence-electron chi connectivity index (χ2n) is 2.11. The van der Waals surface area contributed by atoms with Crippen LogP contribution >= 0.6 is 11.6 Å². The van der Waals surface area contributed by atoms with Gasteiger partial charge in [-0.3, -0.25) is 0 Å². The van der Waals surface area contributed by atoms with Crippen molar-refractivity contribution in [3.8, 4) is 0 Å². The smallest absolute Gasteiger partial charge is 0.305 e. The van der Waals surface area contributed by atoms with Crippen LogP contribution in [-0.4, -0.2) is 7.11 Å². The van der Waals surface area contributed by atoms with Crippen molar-refractivity contribution in [2.24, 2.45) is 0 Å². The number of methoxy groups -OCH3 is 1. The van der Waals surface area contributed by atoms with Crippen LogP contribution < -0.4 is 0 Å². The van der Waals surface area contributed by atoms with E-state index in [4.69, 9.17) is 11.6 Å². The number of rotatable bonds is 2. The van der Waals surface area contributed by atoms with Crippen molar-refractivity contribution in [1.82, 2.24) is 0 Å². The van der Waals surface area contributed by atoms with E-state index in [1.807, 2.05) is 6.07 Å². The minimum atomic E-state index is -1.94. The molecule has 1 aromatic rings. The Morgan fingerprint density at radius 2 is 1.91 bits per heavy atom. The van der Waals surface area contributed by atoms with Crippen molar-refractivity contribution >= 4 is 11.6 Å². The van der Waals surface area contributed by atoms with Crippen molar-refractivity contribution < 1.29 is 9.84 Å². The van der Waals surface area contributed by atoms with Gasteiger partial charge in [0.2, 0.25) is 0 Å². The first kappa shape index (κ1) is 8.53.